The van der Waals surface area contributed by atoms with Crippen LogP contribution >= 0.6 is 0 Å². The predicted octanol–water partition coefficient (Wildman–Crippen LogP) is 8.89. The van der Waals surface area contributed by atoms with Gasteiger partial charge in [-0.05, 0) is 68.6 Å². The van der Waals surface area contributed by atoms with Gasteiger partial charge in [0.05, 0.1) is 0 Å². The minimum absolute atomic E-state index is 0.0388. The summed E-state index contributed by atoms with van der Waals surface area (Å²) in [5, 5.41) is 21.9. The van der Waals surface area contributed by atoms with Crippen LogP contribution in [0.4, 0.5) is 0 Å². The first kappa shape index (κ1) is 35.2. The van der Waals surface area contributed by atoms with Crippen LogP contribution in [0.1, 0.15) is 95.9 Å². The molecular weight excluding hydrogens is 528 g/mol. The van der Waals surface area contributed by atoms with Crippen molar-refractivity contribution in [2.45, 2.75) is 95.9 Å². The summed E-state index contributed by atoms with van der Waals surface area (Å²) in [5.74, 6) is -0.377. The molecule has 0 bridgehead atoms. The van der Waals surface area contributed by atoms with E-state index < -0.39 is 11.9 Å². The maximum Gasteiger partial charge on any atom is 0.330 e. The topological polar surface area (TPSA) is 93.1 Å². The lowest BCUT2D eigenvalue weighted by molar-refractivity contribution is -0.146. The zero-order valence-corrected chi connectivity index (χ0v) is 28.0. The summed E-state index contributed by atoms with van der Waals surface area (Å²) in [6, 6.07) is 0. The van der Waals surface area contributed by atoms with Crippen molar-refractivity contribution in [3.63, 3.8) is 0 Å². The lowest BCUT2D eigenvalue weighted by atomic mass is 9.71. The molecule has 0 spiro atoms. The Labute approximate surface area is 254 Å². The molecule has 6 nitrogen and oxygen atoms in total. The zero-order valence-electron chi connectivity index (χ0n) is 28.0. The molecule has 0 heterocycles. The lowest BCUT2D eigenvalue weighted by Crippen LogP contribution is -2.24. The number of rotatable bonds is 7. The number of carbonyl (C=O) groups excluding carboxylic acids is 2. The van der Waals surface area contributed by atoms with Crippen LogP contribution in [0.15, 0.2) is 70.3 Å². The Morgan fingerprint density at radius 2 is 0.952 bits per heavy atom. The van der Waals surface area contributed by atoms with E-state index >= 15 is 0 Å². The molecule has 0 aliphatic heterocycles. The third-order valence-electron chi connectivity index (χ3n) is 7.68. The number of ether oxygens (including phenoxy) is 2. The molecule has 42 heavy (non-hydrogen) atoms. The van der Waals surface area contributed by atoms with E-state index in [0.29, 0.717) is 24.4 Å². The van der Waals surface area contributed by atoms with Crippen molar-refractivity contribution in [1.29, 1.82) is 0 Å². The van der Waals surface area contributed by atoms with Crippen LogP contribution in [0.3, 0.4) is 0 Å². The number of allylic oxidation sites excluding steroid dienone is 8. The molecule has 0 saturated heterocycles. The molecule has 2 atom stereocenters. The summed E-state index contributed by atoms with van der Waals surface area (Å²) in [4.78, 5) is 24.7. The SMILES string of the molecule is CC(C)(C)C1=CC(C=CC(=O)OCCOC(=O)C=CC2C=C(C(C)(C)C)C(O)=C(C(C)(C)C)C2)CC(C(C)(C)C)=C1O. The van der Waals surface area contributed by atoms with Gasteiger partial charge in [0, 0.05) is 12.2 Å². The molecule has 0 saturated carbocycles. The fourth-order valence-electron chi connectivity index (χ4n) is 5.26. The van der Waals surface area contributed by atoms with Gasteiger partial charge in [-0.25, -0.2) is 9.59 Å². The van der Waals surface area contributed by atoms with Crippen molar-refractivity contribution >= 4 is 11.9 Å². The van der Waals surface area contributed by atoms with Gasteiger partial charge >= 0.3 is 11.9 Å². The summed E-state index contributed by atoms with van der Waals surface area (Å²) in [6.45, 7) is 24.7. The van der Waals surface area contributed by atoms with Crippen molar-refractivity contribution < 1.29 is 29.3 Å². The van der Waals surface area contributed by atoms with E-state index in [0.717, 1.165) is 22.3 Å². The van der Waals surface area contributed by atoms with Gasteiger partial charge in [0.2, 0.25) is 0 Å². The summed E-state index contributed by atoms with van der Waals surface area (Å²) in [7, 11) is 0. The Morgan fingerprint density at radius 3 is 1.21 bits per heavy atom. The maximum absolute atomic E-state index is 12.4. The summed E-state index contributed by atoms with van der Waals surface area (Å²) in [6.07, 6.45) is 11.7. The second-order valence-corrected chi connectivity index (χ2v) is 15.6. The van der Waals surface area contributed by atoms with E-state index in [2.05, 4.69) is 83.1 Å². The highest BCUT2D eigenvalue weighted by Crippen LogP contribution is 2.45. The van der Waals surface area contributed by atoms with Gasteiger partial charge in [-0.2, -0.15) is 0 Å². The second kappa shape index (κ2) is 13.1. The van der Waals surface area contributed by atoms with Crippen molar-refractivity contribution in [3.8, 4) is 0 Å². The van der Waals surface area contributed by atoms with E-state index in [-0.39, 0.29) is 46.7 Å². The number of hydrogen-bond acceptors (Lipinski definition) is 6. The van der Waals surface area contributed by atoms with E-state index in [4.69, 9.17) is 9.47 Å². The highest BCUT2D eigenvalue weighted by atomic mass is 16.6. The van der Waals surface area contributed by atoms with E-state index in [1.807, 2.05) is 24.3 Å². The highest BCUT2D eigenvalue weighted by molar-refractivity contribution is 5.82. The predicted molar refractivity (Wildman–Crippen MR) is 170 cm³/mol. The molecule has 2 N–H and O–H groups in total. The molecule has 0 radical (unpaired) electrons. The minimum Gasteiger partial charge on any atom is -0.508 e. The van der Waals surface area contributed by atoms with Gasteiger partial charge < -0.3 is 19.7 Å². The maximum atomic E-state index is 12.4. The van der Waals surface area contributed by atoms with E-state index in [1.54, 1.807) is 0 Å². The minimum atomic E-state index is -0.508. The molecule has 234 valence electrons. The van der Waals surface area contributed by atoms with Gasteiger partial charge in [0.25, 0.3) is 0 Å². The standard InChI is InChI=1S/C36H54O6/c1-33(2,3)25-19-23(20-26(31(25)39)34(4,5)6)13-15-29(37)41-17-18-42-30(38)16-14-24-21-27(35(7,8)9)32(40)28(22-24)36(10,11)12/h13-16,19,21,23-24,39-40H,17-18,20,22H2,1-12H3. The lowest BCUT2D eigenvalue weighted by Gasteiger charge is -2.35. The van der Waals surface area contributed by atoms with Gasteiger partial charge in [-0.3, -0.25) is 0 Å². The van der Waals surface area contributed by atoms with Crippen LogP contribution in [0.25, 0.3) is 0 Å². The summed E-state index contributed by atoms with van der Waals surface area (Å²) >= 11 is 0. The van der Waals surface area contributed by atoms with Gasteiger partial charge in [-0.1, -0.05) is 107 Å². The largest absolute Gasteiger partial charge is 0.508 e. The normalized spacial score (nSPS) is 21.1. The quantitative estimate of drug-likeness (QED) is 0.177. The van der Waals surface area contributed by atoms with Gasteiger partial charge in [-0.15, -0.1) is 0 Å². The van der Waals surface area contributed by atoms with E-state index in [9.17, 15) is 19.8 Å². The first-order chi connectivity index (χ1) is 19.0. The number of esters is 2. The molecule has 2 rings (SSSR count). The second-order valence-electron chi connectivity index (χ2n) is 15.6. The van der Waals surface area contributed by atoms with Crippen LogP contribution in [0, 0.1) is 33.5 Å². The summed E-state index contributed by atoms with van der Waals surface area (Å²) in [5.41, 5.74) is 2.83. The number of aliphatic hydroxyl groups is 2. The van der Waals surface area contributed by atoms with Crippen LogP contribution < -0.4 is 0 Å². The molecule has 0 aromatic heterocycles. The van der Waals surface area contributed by atoms with Gasteiger partial charge in [0.1, 0.15) is 24.7 Å². The fourth-order valence-corrected chi connectivity index (χ4v) is 5.26. The van der Waals surface area contributed by atoms with Gasteiger partial charge in [0.15, 0.2) is 0 Å². The molecule has 2 aliphatic carbocycles. The molecule has 0 fully saturated rings. The van der Waals surface area contributed by atoms with Crippen molar-refractivity contribution in [1.82, 2.24) is 0 Å². The van der Waals surface area contributed by atoms with Crippen molar-refractivity contribution in [2.24, 2.45) is 33.5 Å². The Hall–Kier alpha value is -3.02. The highest BCUT2D eigenvalue weighted by Gasteiger charge is 2.34. The molecular formula is C36H54O6. The summed E-state index contributed by atoms with van der Waals surface area (Å²) < 4.78 is 10.5. The monoisotopic (exact) mass is 582 g/mol. The average Bonchev–Trinajstić information content (AvgIpc) is 2.82. The average molecular weight is 583 g/mol. The van der Waals surface area contributed by atoms with Crippen molar-refractivity contribution in [3.05, 3.63) is 70.3 Å². The Kier molecular flexibility index (Phi) is 11.0. The van der Waals surface area contributed by atoms with E-state index in [1.165, 1.54) is 12.2 Å². The first-order valence-electron chi connectivity index (χ1n) is 15.0. The van der Waals surface area contributed by atoms with Crippen LogP contribution in [0.2, 0.25) is 0 Å². The van der Waals surface area contributed by atoms with Crippen LogP contribution in [-0.2, 0) is 19.1 Å². The number of hydrogen-bond donors (Lipinski definition) is 2. The molecule has 2 aliphatic rings. The van der Waals surface area contributed by atoms with Crippen LogP contribution in [-0.4, -0.2) is 35.4 Å². The molecule has 2 unspecified atom stereocenters. The number of aliphatic hydroxyl groups excluding tert-OH is 2. The first-order valence-corrected chi connectivity index (χ1v) is 15.0. The Morgan fingerprint density at radius 1 is 0.643 bits per heavy atom. The Bertz CT molecular complexity index is 1110. The zero-order chi connectivity index (χ0) is 32.3. The third-order valence-corrected chi connectivity index (χ3v) is 7.68. The molecule has 0 aromatic rings. The third kappa shape index (κ3) is 9.78. The van der Waals surface area contributed by atoms with Crippen molar-refractivity contribution in [2.75, 3.05) is 13.2 Å². The Balaban J connectivity index is 1.93. The van der Waals surface area contributed by atoms with Crippen LogP contribution in [0.5, 0.6) is 0 Å². The molecule has 6 heteroatoms. The smallest absolute Gasteiger partial charge is 0.330 e. The fraction of sp³-hybridized carbons (Fsp3) is 0.611. The molecule has 0 aromatic carbocycles. The molecule has 0 amide bonds. The number of carbonyl (C=O) groups is 2.